The molecular weight excluding hydrogens is 246 g/mol. The Balaban J connectivity index is 2.28. The monoisotopic (exact) mass is 261 g/mol. The van der Waals surface area contributed by atoms with E-state index in [1.54, 1.807) is 24.6 Å². The summed E-state index contributed by atoms with van der Waals surface area (Å²) >= 11 is 1.26. The van der Waals surface area contributed by atoms with Crippen LogP contribution >= 0.6 is 11.3 Å². The topological polar surface area (TPSA) is 55.4 Å². The summed E-state index contributed by atoms with van der Waals surface area (Å²) in [6.45, 7) is 0.910. The van der Waals surface area contributed by atoms with E-state index in [0.717, 1.165) is 6.42 Å². The Labute approximate surface area is 99.5 Å². The van der Waals surface area contributed by atoms with E-state index < -0.39 is 15.1 Å². The molecule has 2 heterocycles. The van der Waals surface area contributed by atoms with Crippen LogP contribution in [0.3, 0.4) is 0 Å². The standard InChI is InChI=1S/C10H15NO3S2/c1-11-8-4-5-14-7-9(8)16(12,13)10-3-2-6-15-10/h2-3,6,8-9,11H,4-5,7H2,1H3. The lowest BCUT2D eigenvalue weighted by molar-refractivity contribution is 0.0826. The first kappa shape index (κ1) is 12.0. The highest BCUT2D eigenvalue weighted by Gasteiger charge is 2.36. The summed E-state index contributed by atoms with van der Waals surface area (Å²) in [6.07, 6.45) is 0.742. The first-order valence-electron chi connectivity index (χ1n) is 5.18. The quantitative estimate of drug-likeness (QED) is 0.878. The summed E-state index contributed by atoms with van der Waals surface area (Å²) in [7, 11) is -1.45. The van der Waals surface area contributed by atoms with Gasteiger partial charge in [-0.05, 0) is 24.9 Å². The molecule has 6 heteroatoms. The maximum absolute atomic E-state index is 12.3. The van der Waals surface area contributed by atoms with Crippen molar-refractivity contribution in [1.82, 2.24) is 5.32 Å². The molecule has 1 N–H and O–H groups in total. The molecule has 2 rings (SSSR count). The van der Waals surface area contributed by atoms with E-state index in [9.17, 15) is 8.42 Å². The van der Waals surface area contributed by atoms with Gasteiger partial charge in [0.25, 0.3) is 0 Å². The molecule has 2 atom stereocenters. The molecule has 16 heavy (non-hydrogen) atoms. The molecule has 90 valence electrons. The van der Waals surface area contributed by atoms with E-state index in [1.165, 1.54) is 11.3 Å². The maximum atomic E-state index is 12.3. The molecule has 0 bridgehead atoms. The highest BCUT2D eigenvalue weighted by Crippen LogP contribution is 2.26. The molecule has 1 saturated heterocycles. The van der Waals surface area contributed by atoms with E-state index in [-0.39, 0.29) is 12.6 Å². The molecular formula is C10H15NO3S2. The highest BCUT2D eigenvalue weighted by molar-refractivity contribution is 7.94. The van der Waals surface area contributed by atoms with Gasteiger partial charge in [0.15, 0.2) is 9.84 Å². The molecule has 0 amide bonds. The van der Waals surface area contributed by atoms with Crippen LogP contribution in [0.15, 0.2) is 21.7 Å². The van der Waals surface area contributed by atoms with Crippen LogP contribution in [0.25, 0.3) is 0 Å². The van der Waals surface area contributed by atoms with E-state index in [1.807, 2.05) is 0 Å². The Morgan fingerprint density at radius 2 is 2.38 bits per heavy atom. The molecule has 1 aromatic rings. The normalized spacial score (nSPS) is 26.8. The maximum Gasteiger partial charge on any atom is 0.194 e. The molecule has 0 spiro atoms. The molecule has 0 aliphatic carbocycles. The van der Waals surface area contributed by atoms with Crippen molar-refractivity contribution in [2.75, 3.05) is 20.3 Å². The first-order chi connectivity index (χ1) is 7.66. The summed E-state index contributed by atoms with van der Waals surface area (Å²) in [6, 6.07) is 3.40. The molecule has 4 nitrogen and oxygen atoms in total. The van der Waals surface area contributed by atoms with Crippen LogP contribution < -0.4 is 5.32 Å². The highest BCUT2D eigenvalue weighted by atomic mass is 32.2. The van der Waals surface area contributed by atoms with E-state index in [4.69, 9.17) is 4.74 Å². The van der Waals surface area contributed by atoms with Gasteiger partial charge in [0.05, 0.1) is 6.61 Å². The van der Waals surface area contributed by atoms with Gasteiger partial charge < -0.3 is 10.1 Å². The van der Waals surface area contributed by atoms with Crippen LogP contribution in [0.4, 0.5) is 0 Å². The summed E-state index contributed by atoms with van der Waals surface area (Å²) in [4.78, 5) is 0. The minimum absolute atomic E-state index is 0.0131. The average Bonchev–Trinajstić information content (AvgIpc) is 2.83. The Bertz CT molecular complexity index is 427. The Morgan fingerprint density at radius 3 is 3.00 bits per heavy atom. The predicted octanol–water partition coefficient (Wildman–Crippen LogP) is 0.899. The minimum Gasteiger partial charge on any atom is -0.380 e. The predicted molar refractivity (Wildman–Crippen MR) is 63.6 cm³/mol. The number of rotatable bonds is 3. The van der Waals surface area contributed by atoms with Crippen molar-refractivity contribution in [1.29, 1.82) is 0 Å². The second-order valence-corrected chi connectivity index (χ2v) is 7.12. The largest absolute Gasteiger partial charge is 0.380 e. The zero-order valence-electron chi connectivity index (χ0n) is 9.05. The average molecular weight is 261 g/mol. The third kappa shape index (κ3) is 2.15. The van der Waals surface area contributed by atoms with Gasteiger partial charge in [0, 0.05) is 12.6 Å². The molecule has 1 fully saturated rings. The van der Waals surface area contributed by atoms with E-state index >= 15 is 0 Å². The zero-order chi connectivity index (χ0) is 11.6. The fraction of sp³-hybridized carbons (Fsp3) is 0.600. The van der Waals surface area contributed by atoms with Crippen LogP contribution in [0.5, 0.6) is 0 Å². The molecule has 1 aromatic heterocycles. The third-order valence-electron chi connectivity index (χ3n) is 2.85. The lowest BCUT2D eigenvalue weighted by Gasteiger charge is -2.30. The molecule has 0 aromatic carbocycles. The van der Waals surface area contributed by atoms with Gasteiger partial charge >= 0.3 is 0 Å². The Kier molecular flexibility index (Phi) is 3.63. The van der Waals surface area contributed by atoms with Gasteiger partial charge in [-0.15, -0.1) is 11.3 Å². The fourth-order valence-corrected chi connectivity index (χ4v) is 4.99. The zero-order valence-corrected chi connectivity index (χ0v) is 10.7. The van der Waals surface area contributed by atoms with Crippen molar-refractivity contribution in [3.63, 3.8) is 0 Å². The van der Waals surface area contributed by atoms with Gasteiger partial charge in [-0.1, -0.05) is 6.07 Å². The van der Waals surface area contributed by atoms with E-state index in [2.05, 4.69) is 5.32 Å². The number of thiophene rings is 1. The summed E-state index contributed by atoms with van der Waals surface area (Å²) in [5.41, 5.74) is 0. The van der Waals surface area contributed by atoms with Crippen molar-refractivity contribution in [2.24, 2.45) is 0 Å². The van der Waals surface area contributed by atoms with Crippen molar-refractivity contribution in [3.8, 4) is 0 Å². The summed E-state index contributed by atoms with van der Waals surface area (Å²) in [5, 5.41) is 4.38. The van der Waals surface area contributed by atoms with E-state index in [0.29, 0.717) is 10.8 Å². The molecule has 0 saturated carbocycles. The number of nitrogens with one attached hydrogen (secondary N) is 1. The van der Waals surface area contributed by atoms with Crippen LogP contribution in [0, 0.1) is 0 Å². The van der Waals surface area contributed by atoms with Crippen LogP contribution in [0.1, 0.15) is 6.42 Å². The second kappa shape index (κ2) is 4.83. The summed E-state index contributed by atoms with van der Waals surface area (Å²) < 4.78 is 30.3. The lowest BCUT2D eigenvalue weighted by atomic mass is 10.1. The van der Waals surface area contributed by atoms with Crippen molar-refractivity contribution in [3.05, 3.63) is 17.5 Å². The van der Waals surface area contributed by atoms with Crippen molar-refractivity contribution in [2.45, 2.75) is 21.9 Å². The lowest BCUT2D eigenvalue weighted by Crippen LogP contribution is -2.48. The second-order valence-electron chi connectivity index (χ2n) is 3.77. The Hall–Kier alpha value is -0.430. The van der Waals surface area contributed by atoms with Gasteiger partial charge in [-0.25, -0.2) is 8.42 Å². The van der Waals surface area contributed by atoms with Gasteiger partial charge in [0.1, 0.15) is 9.46 Å². The number of ether oxygens (including phenoxy) is 1. The number of hydrogen-bond donors (Lipinski definition) is 1. The van der Waals surface area contributed by atoms with Crippen molar-refractivity contribution >= 4 is 21.2 Å². The number of sulfone groups is 1. The van der Waals surface area contributed by atoms with Crippen LogP contribution in [-0.2, 0) is 14.6 Å². The van der Waals surface area contributed by atoms with Gasteiger partial charge in [-0.3, -0.25) is 0 Å². The fourth-order valence-electron chi connectivity index (χ4n) is 1.92. The Morgan fingerprint density at radius 1 is 1.56 bits per heavy atom. The van der Waals surface area contributed by atoms with Crippen LogP contribution in [-0.4, -0.2) is 40.0 Å². The van der Waals surface area contributed by atoms with Gasteiger partial charge in [0.2, 0.25) is 0 Å². The van der Waals surface area contributed by atoms with Crippen molar-refractivity contribution < 1.29 is 13.2 Å². The summed E-state index contributed by atoms with van der Waals surface area (Å²) in [5.74, 6) is 0. The van der Waals surface area contributed by atoms with Crippen LogP contribution in [0.2, 0.25) is 0 Å². The third-order valence-corrected chi connectivity index (χ3v) is 6.45. The first-order valence-corrected chi connectivity index (χ1v) is 7.61. The SMILES string of the molecule is CNC1CCOCC1S(=O)(=O)c1cccs1. The minimum atomic E-state index is -3.25. The molecule has 1 aliphatic rings. The number of hydrogen-bond acceptors (Lipinski definition) is 5. The molecule has 1 aliphatic heterocycles. The molecule has 2 unspecified atom stereocenters. The smallest absolute Gasteiger partial charge is 0.194 e. The molecule has 0 radical (unpaired) electrons. The van der Waals surface area contributed by atoms with Gasteiger partial charge in [-0.2, -0.15) is 0 Å².